The highest BCUT2D eigenvalue weighted by Gasteiger charge is 2.58. The van der Waals surface area contributed by atoms with Crippen LogP contribution in [-0.4, -0.2) is 42.3 Å². The molecule has 0 spiro atoms. The highest BCUT2D eigenvalue weighted by molar-refractivity contribution is 6.31. The van der Waals surface area contributed by atoms with Crippen LogP contribution in [0.4, 0.5) is 0 Å². The minimum atomic E-state index is -0.111. The van der Waals surface area contributed by atoms with Gasteiger partial charge in [-0.25, -0.2) is 4.99 Å². The van der Waals surface area contributed by atoms with Gasteiger partial charge in [-0.2, -0.15) is 0 Å². The summed E-state index contributed by atoms with van der Waals surface area (Å²) in [4.78, 5) is 31.5. The molecule has 29 heavy (non-hydrogen) atoms. The molecule has 2 amide bonds. The van der Waals surface area contributed by atoms with Gasteiger partial charge in [-0.3, -0.25) is 14.5 Å². The second-order valence-electron chi connectivity index (χ2n) is 7.89. The Kier molecular flexibility index (Phi) is 5.90. The predicted molar refractivity (Wildman–Crippen MR) is 113 cm³/mol. The summed E-state index contributed by atoms with van der Waals surface area (Å²) in [6.07, 6.45) is 5.91. The molecule has 1 aromatic rings. The van der Waals surface area contributed by atoms with Crippen LogP contribution in [0.15, 0.2) is 41.4 Å². The largest absolute Gasteiger partial charge is 0.357 e. The molecule has 2 N–H and O–H groups in total. The smallest absolute Gasteiger partial charge is 0.233 e. The van der Waals surface area contributed by atoms with Gasteiger partial charge in [0, 0.05) is 24.7 Å². The number of likely N-dealkylation sites (tertiary alicyclic amines) is 1. The van der Waals surface area contributed by atoms with Gasteiger partial charge in [0.2, 0.25) is 11.8 Å². The third-order valence-electron chi connectivity index (χ3n) is 6.12. The molecule has 7 heteroatoms. The molecule has 3 aliphatic rings. The number of allylic oxidation sites excluding steroid dienone is 2. The van der Waals surface area contributed by atoms with Crippen molar-refractivity contribution in [2.24, 2.45) is 28.7 Å². The van der Waals surface area contributed by atoms with E-state index in [1.807, 2.05) is 31.2 Å². The highest BCUT2D eigenvalue weighted by Crippen LogP contribution is 2.52. The number of fused-ring (bicyclic) bond motifs is 5. The van der Waals surface area contributed by atoms with Crippen LogP contribution in [0, 0.1) is 23.7 Å². The maximum Gasteiger partial charge on any atom is 0.233 e. The van der Waals surface area contributed by atoms with Crippen LogP contribution in [0.1, 0.15) is 25.3 Å². The topological polar surface area (TPSA) is 73.8 Å². The molecule has 2 fully saturated rings. The minimum absolute atomic E-state index is 0.0242. The van der Waals surface area contributed by atoms with Crippen LogP contribution < -0.4 is 10.6 Å². The van der Waals surface area contributed by atoms with Crippen LogP contribution in [0.3, 0.4) is 0 Å². The Bertz CT molecular complexity index is 823. The zero-order chi connectivity index (χ0) is 20.4. The minimum Gasteiger partial charge on any atom is -0.357 e. The Morgan fingerprint density at radius 1 is 1.14 bits per heavy atom. The average molecular weight is 415 g/mol. The van der Waals surface area contributed by atoms with Gasteiger partial charge < -0.3 is 10.6 Å². The van der Waals surface area contributed by atoms with E-state index in [-0.39, 0.29) is 35.5 Å². The average Bonchev–Trinajstić information content (AvgIpc) is 3.39. The van der Waals surface area contributed by atoms with Crippen LogP contribution in [-0.2, 0) is 16.1 Å². The standard InChI is InChI=1S/C22H27ClN4O2/c1-2-24-22(26-13-16-6-3-4-7-17(16)23)25-10-5-11-27-20(28)18-14-8-9-15(12-14)19(18)21(27)29/h3-4,6-9,14-15,18-19H,2,5,10-13H2,1H3,(H2,24,25,26). The Labute approximate surface area is 176 Å². The monoisotopic (exact) mass is 414 g/mol. The lowest BCUT2D eigenvalue weighted by atomic mass is 9.85. The summed E-state index contributed by atoms with van der Waals surface area (Å²) in [5.74, 6) is 1.06. The van der Waals surface area contributed by atoms with Crippen molar-refractivity contribution in [1.82, 2.24) is 15.5 Å². The van der Waals surface area contributed by atoms with Gasteiger partial charge in [-0.1, -0.05) is 42.0 Å². The molecular weight excluding hydrogens is 388 g/mol. The summed E-state index contributed by atoms with van der Waals surface area (Å²) in [6, 6.07) is 7.65. The first-order valence-electron chi connectivity index (χ1n) is 10.4. The van der Waals surface area contributed by atoms with Crippen molar-refractivity contribution in [3.05, 3.63) is 47.0 Å². The molecule has 4 atom stereocenters. The molecule has 1 saturated carbocycles. The molecular formula is C22H27ClN4O2. The second kappa shape index (κ2) is 8.57. The summed E-state index contributed by atoms with van der Waals surface area (Å²) >= 11 is 6.19. The zero-order valence-corrected chi connectivity index (χ0v) is 17.4. The van der Waals surface area contributed by atoms with Crippen molar-refractivity contribution in [1.29, 1.82) is 0 Å². The molecule has 154 valence electrons. The maximum atomic E-state index is 12.7. The quantitative estimate of drug-likeness (QED) is 0.236. The number of halogens is 1. The van der Waals surface area contributed by atoms with Crippen LogP contribution >= 0.6 is 11.6 Å². The summed E-state index contributed by atoms with van der Waals surface area (Å²) in [6.45, 7) is 4.33. The molecule has 2 aliphatic carbocycles. The molecule has 4 unspecified atom stereocenters. The lowest BCUT2D eigenvalue weighted by Crippen LogP contribution is -2.40. The number of nitrogens with one attached hydrogen (secondary N) is 2. The molecule has 6 nitrogen and oxygen atoms in total. The van der Waals surface area contributed by atoms with E-state index in [1.54, 1.807) is 0 Å². The van der Waals surface area contributed by atoms with Gasteiger partial charge in [-0.15, -0.1) is 0 Å². The molecule has 4 rings (SSSR count). The zero-order valence-electron chi connectivity index (χ0n) is 16.6. The van der Waals surface area contributed by atoms with E-state index in [0.29, 0.717) is 37.0 Å². The number of hydrogen-bond donors (Lipinski definition) is 2. The summed E-state index contributed by atoms with van der Waals surface area (Å²) < 4.78 is 0. The van der Waals surface area contributed by atoms with Crippen LogP contribution in [0.25, 0.3) is 0 Å². The fourth-order valence-electron chi connectivity index (χ4n) is 4.76. The number of guanidine groups is 1. The molecule has 1 saturated heterocycles. The number of aliphatic imine (C=N–C) groups is 1. The normalized spacial score (nSPS) is 27.7. The third-order valence-corrected chi connectivity index (χ3v) is 6.49. The Morgan fingerprint density at radius 2 is 1.83 bits per heavy atom. The summed E-state index contributed by atoms with van der Waals surface area (Å²) in [7, 11) is 0. The van der Waals surface area contributed by atoms with E-state index in [0.717, 1.165) is 18.5 Å². The van der Waals surface area contributed by atoms with E-state index < -0.39 is 0 Å². The maximum absolute atomic E-state index is 12.7. The van der Waals surface area contributed by atoms with Gasteiger partial charge in [-0.05, 0) is 43.2 Å². The predicted octanol–water partition coefficient (Wildman–Crippen LogP) is 2.59. The number of hydrogen-bond acceptors (Lipinski definition) is 3. The number of nitrogens with zero attached hydrogens (tertiary/aromatic N) is 2. The number of carbonyl (C=O) groups is 2. The fourth-order valence-corrected chi connectivity index (χ4v) is 4.96. The first kappa shape index (κ1) is 20.0. The third kappa shape index (κ3) is 3.90. The van der Waals surface area contributed by atoms with Crippen molar-refractivity contribution in [2.45, 2.75) is 26.3 Å². The van der Waals surface area contributed by atoms with Gasteiger partial charge in [0.25, 0.3) is 0 Å². The van der Waals surface area contributed by atoms with E-state index in [4.69, 9.17) is 11.6 Å². The van der Waals surface area contributed by atoms with E-state index in [2.05, 4.69) is 27.8 Å². The van der Waals surface area contributed by atoms with Gasteiger partial charge in [0.15, 0.2) is 5.96 Å². The van der Waals surface area contributed by atoms with Crippen molar-refractivity contribution >= 4 is 29.4 Å². The summed E-state index contributed by atoms with van der Waals surface area (Å²) in [5.41, 5.74) is 0.967. The van der Waals surface area contributed by atoms with Crippen molar-refractivity contribution in [3.8, 4) is 0 Å². The highest BCUT2D eigenvalue weighted by atomic mass is 35.5. The fraction of sp³-hybridized carbons (Fsp3) is 0.500. The number of imide groups is 1. The lowest BCUT2D eigenvalue weighted by molar-refractivity contribution is -0.140. The SMILES string of the molecule is CCNC(=NCc1ccccc1Cl)NCCCN1C(=O)C2C3C=CC(C3)C2C1=O. The molecule has 0 radical (unpaired) electrons. The first-order chi connectivity index (χ1) is 14.1. The molecule has 1 heterocycles. The molecule has 2 bridgehead atoms. The van der Waals surface area contributed by atoms with E-state index in [1.165, 1.54) is 4.90 Å². The second-order valence-corrected chi connectivity index (χ2v) is 8.30. The van der Waals surface area contributed by atoms with Crippen molar-refractivity contribution < 1.29 is 9.59 Å². The first-order valence-corrected chi connectivity index (χ1v) is 10.8. The number of rotatable bonds is 7. The molecule has 1 aliphatic heterocycles. The van der Waals surface area contributed by atoms with E-state index >= 15 is 0 Å². The summed E-state index contributed by atoms with van der Waals surface area (Å²) in [5, 5.41) is 7.19. The molecule has 1 aromatic carbocycles. The van der Waals surface area contributed by atoms with Crippen LogP contribution in [0.2, 0.25) is 5.02 Å². The van der Waals surface area contributed by atoms with Gasteiger partial charge >= 0.3 is 0 Å². The molecule has 0 aromatic heterocycles. The van der Waals surface area contributed by atoms with Gasteiger partial charge in [0.1, 0.15) is 0 Å². The number of amides is 2. The van der Waals surface area contributed by atoms with Crippen molar-refractivity contribution in [2.75, 3.05) is 19.6 Å². The van der Waals surface area contributed by atoms with Gasteiger partial charge in [0.05, 0.1) is 18.4 Å². The number of carbonyl (C=O) groups excluding carboxylic acids is 2. The Balaban J connectivity index is 1.28. The Hall–Kier alpha value is -2.34. The lowest BCUT2D eigenvalue weighted by Gasteiger charge is -2.18. The van der Waals surface area contributed by atoms with Crippen LogP contribution in [0.5, 0.6) is 0 Å². The number of benzene rings is 1. The Morgan fingerprint density at radius 3 is 2.48 bits per heavy atom. The van der Waals surface area contributed by atoms with E-state index in [9.17, 15) is 9.59 Å². The van der Waals surface area contributed by atoms with Crippen molar-refractivity contribution in [3.63, 3.8) is 0 Å².